The summed E-state index contributed by atoms with van der Waals surface area (Å²) in [4.78, 5) is 0. The van der Waals surface area contributed by atoms with Crippen molar-refractivity contribution in [3.05, 3.63) is 5.56 Å². The molecule has 102 valence electrons. The molecule has 18 heavy (non-hydrogen) atoms. The molecule has 1 aromatic rings. The van der Waals surface area contributed by atoms with E-state index in [-0.39, 0.29) is 0 Å². The van der Waals surface area contributed by atoms with E-state index in [1.165, 1.54) is 34.9 Å². The van der Waals surface area contributed by atoms with E-state index in [1.54, 1.807) is 0 Å². The molecule has 3 N–H and O–H groups in total. The standard InChI is InChI=1S/C13H23N3OS/c1-9(2)8-17-7-3-6-15-13-11(10-4-5-10)12(14)16-18-13/h9-10,15H,3-8H2,1-2H3,(H2,14,16). The third kappa shape index (κ3) is 3.85. The first-order chi connectivity index (χ1) is 8.68. The Kier molecular flexibility index (Phi) is 4.83. The molecule has 0 atom stereocenters. The van der Waals surface area contributed by atoms with Crippen LogP contribution in [-0.2, 0) is 4.74 Å². The summed E-state index contributed by atoms with van der Waals surface area (Å²) >= 11 is 1.49. The Hall–Kier alpha value is -0.810. The molecule has 1 fully saturated rings. The summed E-state index contributed by atoms with van der Waals surface area (Å²) in [7, 11) is 0. The van der Waals surface area contributed by atoms with Gasteiger partial charge in [0.25, 0.3) is 0 Å². The summed E-state index contributed by atoms with van der Waals surface area (Å²) in [5.41, 5.74) is 7.16. The van der Waals surface area contributed by atoms with Gasteiger partial charge in [-0.3, -0.25) is 0 Å². The zero-order chi connectivity index (χ0) is 13.0. The maximum atomic E-state index is 5.90. The van der Waals surface area contributed by atoms with Crippen LogP contribution in [0.15, 0.2) is 0 Å². The maximum absolute atomic E-state index is 5.90. The Bertz CT molecular complexity index is 374. The van der Waals surface area contributed by atoms with Crippen LogP contribution in [0.2, 0.25) is 0 Å². The normalized spacial score (nSPS) is 15.3. The van der Waals surface area contributed by atoms with Gasteiger partial charge in [-0.15, -0.1) is 0 Å². The van der Waals surface area contributed by atoms with Crippen molar-refractivity contribution in [3.63, 3.8) is 0 Å². The number of anilines is 2. The third-order valence-electron chi connectivity index (χ3n) is 2.94. The van der Waals surface area contributed by atoms with E-state index in [4.69, 9.17) is 10.5 Å². The number of nitrogens with one attached hydrogen (secondary N) is 1. The number of hydrogen-bond acceptors (Lipinski definition) is 5. The van der Waals surface area contributed by atoms with Gasteiger partial charge in [0, 0.05) is 25.3 Å². The fourth-order valence-electron chi connectivity index (χ4n) is 1.90. The molecule has 0 saturated heterocycles. The van der Waals surface area contributed by atoms with Crippen LogP contribution in [0.1, 0.15) is 44.6 Å². The lowest BCUT2D eigenvalue weighted by Crippen LogP contribution is -2.08. The summed E-state index contributed by atoms with van der Waals surface area (Å²) in [5.74, 6) is 1.99. The van der Waals surface area contributed by atoms with Crippen molar-refractivity contribution in [2.75, 3.05) is 30.8 Å². The third-order valence-corrected chi connectivity index (χ3v) is 3.78. The summed E-state index contributed by atoms with van der Waals surface area (Å²) < 4.78 is 9.79. The van der Waals surface area contributed by atoms with E-state index in [2.05, 4.69) is 23.5 Å². The first-order valence-electron chi connectivity index (χ1n) is 6.75. The molecule has 4 nitrogen and oxygen atoms in total. The predicted octanol–water partition coefficient (Wildman–Crippen LogP) is 3.08. The Morgan fingerprint density at radius 3 is 2.94 bits per heavy atom. The smallest absolute Gasteiger partial charge is 0.142 e. The lowest BCUT2D eigenvalue weighted by Gasteiger charge is -2.08. The van der Waals surface area contributed by atoms with Gasteiger partial charge in [-0.25, -0.2) is 0 Å². The topological polar surface area (TPSA) is 60.2 Å². The Labute approximate surface area is 113 Å². The van der Waals surface area contributed by atoms with Crippen LogP contribution in [0.4, 0.5) is 10.8 Å². The molecule has 0 amide bonds. The van der Waals surface area contributed by atoms with E-state index < -0.39 is 0 Å². The molecule has 0 aromatic carbocycles. The molecular weight excluding hydrogens is 246 g/mol. The van der Waals surface area contributed by atoms with E-state index in [0.29, 0.717) is 11.8 Å². The van der Waals surface area contributed by atoms with E-state index in [1.807, 2.05) is 0 Å². The number of nitrogens with zero attached hydrogens (tertiary/aromatic N) is 1. The Balaban J connectivity index is 1.67. The van der Waals surface area contributed by atoms with Crippen LogP contribution in [0.25, 0.3) is 0 Å². The fourth-order valence-corrected chi connectivity index (χ4v) is 2.72. The average molecular weight is 269 g/mol. The molecular formula is C13H23N3OS. The highest BCUT2D eigenvalue weighted by atomic mass is 32.1. The van der Waals surface area contributed by atoms with Gasteiger partial charge in [0.15, 0.2) is 0 Å². The van der Waals surface area contributed by atoms with Crippen molar-refractivity contribution in [2.45, 2.75) is 39.0 Å². The lowest BCUT2D eigenvalue weighted by molar-refractivity contribution is 0.110. The molecule has 1 aromatic heterocycles. The largest absolute Gasteiger partial charge is 0.383 e. The highest BCUT2D eigenvalue weighted by molar-refractivity contribution is 7.10. The molecule has 1 saturated carbocycles. The number of ether oxygens (including phenoxy) is 1. The SMILES string of the molecule is CC(C)COCCCNc1snc(N)c1C1CC1. The minimum atomic E-state index is 0.612. The van der Waals surface area contributed by atoms with Crippen molar-refractivity contribution >= 4 is 22.4 Å². The van der Waals surface area contributed by atoms with Gasteiger partial charge >= 0.3 is 0 Å². The van der Waals surface area contributed by atoms with Crippen molar-refractivity contribution < 1.29 is 4.74 Å². The molecule has 1 aliphatic carbocycles. The monoisotopic (exact) mass is 269 g/mol. The molecule has 0 radical (unpaired) electrons. The quantitative estimate of drug-likeness (QED) is 0.712. The molecule has 1 heterocycles. The van der Waals surface area contributed by atoms with Gasteiger partial charge in [-0.1, -0.05) is 13.8 Å². The van der Waals surface area contributed by atoms with Gasteiger partial charge in [-0.2, -0.15) is 4.37 Å². The van der Waals surface area contributed by atoms with Gasteiger partial charge in [0.05, 0.1) is 0 Å². The highest BCUT2D eigenvalue weighted by Crippen LogP contribution is 2.47. The number of nitrogen functional groups attached to an aromatic ring is 1. The van der Waals surface area contributed by atoms with E-state index in [0.717, 1.165) is 32.0 Å². The van der Waals surface area contributed by atoms with Crippen LogP contribution in [0, 0.1) is 5.92 Å². The first-order valence-corrected chi connectivity index (χ1v) is 7.52. The fraction of sp³-hybridized carbons (Fsp3) is 0.769. The molecule has 1 aliphatic rings. The van der Waals surface area contributed by atoms with Gasteiger partial charge in [0.1, 0.15) is 10.8 Å². The predicted molar refractivity (Wildman–Crippen MR) is 77.3 cm³/mol. The van der Waals surface area contributed by atoms with Gasteiger partial charge in [-0.05, 0) is 42.6 Å². The summed E-state index contributed by atoms with van der Waals surface area (Å²) in [6, 6.07) is 0. The van der Waals surface area contributed by atoms with Crippen LogP contribution < -0.4 is 11.1 Å². The molecule has 5 heteroatoms. The van der Waals surface area contributed by atoms with Crippen molar-refractivity contribution in [2.24, 2.45) is 5.92 Å². The van der Waals surface area contributed by atoms with E-state index >= 15 is 0 Å². The van der Waals surface area contributed by atoms with Crippen molar-refractivity contribution in [1.29, 1.82) is 0 Å². The average Bonchev–Trinajstić information content (AvgIpc) is 3.08. The molecule has 0 spiro atoms. The maximum Gasteiger partial charge on any atom is 0.142 e. The Morgan fingerprint density at radius 1 is 1.50 bits per heavy atom. The Morgan fingerprint density at radius 2 is 2.28 bits per heavy atom. The molecule has 0 aliphatic heterocycles. The zero-order valence-corrected chi connectivity index (χ0v) is 12.1. The zero-order valence-electron chi connectivity index (χ0n) is 11.2. The minimum Gasteiger partial charge on any atom is -0.383 e. The lowest BCUT2D eigenvalue weighted by atomic mass is 10.2. The second-order valence-corrected chi connectivity index (χ2v) is 6.11. The second kappa shape index (κ2) is 6.38. The molecule has 0 unspecified atom stereocenters. The van der Waals surface area contributed by atoms with Crippen LogP contribution in [0.3, 0.4) is 0 Å². The highest BCUT2D eigenvalue weighted by Gasteiger charge is 2.30. The number of rotatable bonds is 8. The second-order valence-electron chi connectivity index (χ2n) is 5.33. The molecule has 2 rings (SSSR count). The van der Waals surface area contributed by atoms with Gasteiger partial charge in [0.2, 0.25) is 0 Å². The van der Waals surface area contributed by atoms with E-state index in [9.17, 15) is 0 Å². The van der Waals surface area contributed by atoms with Crippen LogP contribution in [-0.4, -0.2) is 24.1 Å². The van der Waals surface area contributed by atoms with Crippen molar-refractivity contribution in [1.82, 2.24) is 4.37 Å². The van der Waals surface area contributed by atoms with Crippen LogP contribution in [0.5, 0.6) is 0 Å². The summed E-state index contributed by atoms with van der Waals surface area (Å²) in [6.45, 7) is 6.93. The van der Waals surface area contributed by atoms with Crippen molar-refractivity contribution in [3.8, 4) is 0 Å². The number of aromatic nitrogens is 1. The summed E-state index contributed by atoms with van der Waals surface area (Å²) in [6.07, 6.45) is 3.54. The van der Waals surface area contributed by atoms with Crippen LogP contribution >= 0.6 is 11.5 Å². The summed E-state index contributed by atoms with van der Waals surface area (Å²) in [5, 5.41) is 4.61. The van der Waals surface area contributed by atoms with Gasteiger partial charge < -0.3 is 15.8 Å². The number of hydrogen-bond donors (Lipinski definition) is 2. The number of nitrogens with two attached hydrogens (primary N) is 1. The molecule has 0 bridgehead atoms. The minimum absolute atomic E-state index is 0.612. The first kappa shape index (κ1) is 13.6.